The van der Waals surface area contributed by atoms with Gasteiger partial charge in [-0.3, -0.25) is 4.81 Å². The van der Waals surface area contributed by atoms with Gasteiger partial charge in [0.25, 0.3) is 0 Å². The van der Waals surface area contributed by atoms with Crippen LogP contribution < -0.4 is 0 Å². The molecule has 0 heterocycles. The Labute approximate surface area is 162 Å². The zero-order valence-corrected chi connectivity index (χ0v) is 16.3. The maximum atomic E-state index is 13.3. The molecule has 1 rings (SSSR count). The summed E-state index contributed by atoms with van der Waals surface area (Å²) in [6.45, 7) is 2.45. The number of alkyl halides is 9. The highest BCUT2D eigenvalue weighted by Crippen LogP contribution is 2.40. The number of aliphatic imine (C=N–C) groups is 1. The van der Waals surface area contributed by atoms with Crippen molar-refractivity contribution in [3.05, 3.63) is 29.3 Å². The van der Waals surface area contributed by atoms with Crippen molar-refractivity contribution in [1.29, 1.82) is 0 Å². The van der Waals surface area contributed by atoms with Gasteiger partial charge in [-0.2, -0.15) is 39.5 Å². The summed E-state index contributed by atoms with van der Waals surface area (Å²) in [5.74, 6) is -2.01. The van der Waals surface area contributed by atoms with E-state index in [1.54, 1.807) is 33.8 Å². The molecule has 0 unspecified atom stereocenters. The zero-order valence-electron chi connectivity index (χ0n) is 16.3. The molecular weight excluding hydrogens is 414 g/mol. The summed E-state index contributed by atoms with van der Waals surface area (Å²) in [5, 5.41) is 0. The fourth-order valence-electron chi connectivity index (χ4n) is 2.85. The molecule has 0 aliphatic rings. The summed E-state index contributed by atoms with van der Waals surface area (Å²) in [7, 11) is 0. The molecule has 0 atom stereocenters. The average Bonchev–Trinajstić information content (AvgIpc) is 2.48. The third kappa shape index (κ3) is 6.05. The number of para-hydroxylation sites is 1. The van der Waals surface area contributed by atoms with E-state index in [-0.39, 0.29) is 17.5 Å². The number of amidine groups is 1. The smallest absolute Gasteiger partial charge is 0.299 e. The SMILES string of the molecule is CC(=Nc1c(C(C)C)cccc1C(C)C)N(B(C(F)(F)F)C(F)(F)F)C(F)(F)F. The van der Waals surface area contributed by atoms with Crippen LogP contribution in [0.2, 0.25) is 0 Å². The highest BCUT2D eigenvalue weighted by molar-refractivity contribution is 6.63. The van der Waals surface area contributed by atoms with Crippen LogP contribution in [0.25, 0.3) is 0 Å². The molecule has 1 aromatic rings. The maximum absolute atomic E-state index is 13.3. The first-order chi connectivity index (χ1) is 12.9. The summed E-state index contributed by atoms with van der Waals surface area (Å²) in [6.07, 6.45) is -18.4. The van der Waals surface area contributed by atoms with E-state index >= 15 is 0 Å². The Kier molecular flexibility index (Phi) is 7.35. The van der Waals surface area contributed by atoms with Crippen LogP contribution in [0, 0.1) is 0 Å². The lowest BCUT2D eigenvalue weighted by Crippen LogP contribution is -2.65. The monoisotopic (exact) mass is 434 g/mol. The summed E-state index contributed by atoms with van der Waals surface area (Å²) in [6, 6.07) is 4.64. The van der Waals surface area contributed by atoms with Gasteiger partial charge in [-0.05, 0) is 29.9 Å². The van der Waals surface area contributed by atoms with E-state index in [0.29, 0.717) is 18.1 Å². The highest BCUT2D eigenvalue weighted by Gasteiger charge is 2.70. The molecule has 0 bridgehead atoms. The fourth-order valence-corrected chi connectivity index (χ4v) is 2.85. The quantitative estimate of drug-likeness (QED) is 0.164. The molecule has 0 amide bonds. The van der Waals surface area contributed by atoms with Crippen molar-refractivity contribution in [3.8, 4) is 0 Å². The molecule has 164 valence electrons. The first kappa shape index (κ1) is 25.2. The van der Waals surface area contributed by atoms with Crippen molar-refractivity contribution >= 4 is 18.4 Å². The van der Waals surface area contributed by atoms with Crippen molar-refractivity contribution in [1.82, 2.24) is 4.81 Å². The molecule has 2 nitrogen and oxygen atoms in total. The third-order valence-corrected chi connectivity index (χ3v) is 4.12. The van der Waals surface area contributed by atoms with Crippen molar-refractivity contribution < 1.29 is 39.5 Å². The van der Waals surface area contributed by atoms with Gasteiger partial charge in [0, 0.05) is 0 Å². The number of halogens is 9. The Bertz CT molecular complexity index is 694. The van der Waals surface area contributed by atoms with E-state index in [1.165, 1.54) is 12.1 Å². The van der Waals surface area contributed by atoms with E-state index in [4.69, 9.17) is 0 Å². The Morgan fingerprint density at radius 1 is 0.828 bits per heavy atom. The molecule has 0 aliphatic carbocycles. The van der Waals surface area contributed by atoms with Crippen LogP contribution >= 0.6 is 0 Å². The highest BCUT2D eigenvalue weighted by atomic mass is 19.4. The Balaban J connectivity index is 3.78. The molecule has 0 saturated carbocycles. The largest absolute Gasteiger partial charge is 0.513 e. The molecular formula is C17H20BF9N2. The van der Waals surface area contributed by atoms with Gasteiger partial charge in [0.1, 0.15) is 0 Å². The first-order valence-corrected chi connectivity index (χ1v) is 8.56. The second kappa shape index (κ2) is 8.47. The van der Waals surface area contributed by atoms with Gasteiger partial charge in [0.05, 0.1) is 11.5 Å². The lowest BCUT2D eigenvalue weighted by atomic mass is 9.58. The van der Waals surface area contributed by atoms with Gasteiger partial charge in [0.2, 0.25) is 0 Å². The average molecular weight is 434 g/mol. The molecule has 0 fully saturated rings. The predicted molar refractivity (Wildman–Crippen MR) is 93.1 cm³/mol. The van der Waals surface area contributed by atoms with Crippen LogP contribution in [-0.2, 0) is 0 Å². The van der Waals surface area contributed by atoms with Gasteiger partial charge in [-0.15, -0.1) is 0 Å². The van der Waals surface area contributed by atoms with E-state index in [0.717, 1.165) is 0 Å². The van der Waals surface area contributed by atoms with Crippen LogP contribution in [0.4, 0.5) is 45.2 Å². The van der Waals surface area contributed by atoms with Crippen LogP contribution in [0.5, 0.6) is 0 Å². The Morgan fingerprint density at radius 3 is 1.48 bits per heavy atom. The number of rotatable bonds is 4. The second-order valence-electron chi connectivity index (χ2n) is 7.08. The van der Waals surface area contributed by atoms with Crippen LogP contribution in [0.1, 0.15) is 57.6 Å². The molecule has 0 aliphatic heterocycles. The number of benzene rings is 1. The lowest BCUT2D eigenvalue weighted by molar-refractivity contribution is -0.210. The number of hydrogen-bond donors (Lipinski definition) is 0. The molecule has 0 radical (unpaired) electrons. The van der Waals surface area contributed by atoms with E-state index in [1.807, 2.05) is 0 Å². The van der Waals surface area contributed by atoms with Crippen molar-refractivity contribution in [3.63, 3.8) is 0 Å². The molecule has 29 heavy (non-hydrogen) atoms. The third-order valence-electron chi connectivity index (χ3n) is 4.12. The minimum Gasteiger partial charge on any atom is -0.299 e. The molecule has 0 saturated heterocycles. The van der Waals surface area contributed by atoms with Gasteiger partial charge in [0.15, 0.2) is 0 Å². The molecule has 0 spiro atoms. The van der Waals surface area contributed by atoms with Gasteiger partial charge >= 0.3 is 25.3 Å². The van der Waals surface area contributed by atoms with Crippen LogP contribution in [0.3, 0.4) is 0 Å². The second-order valence-corrected chi connectivity index (χ2v) is 7.08. The lowest BCUT2D eigenvalue weighted by Gasteiger charge is -2.34. The Hall–Kier alpha value is -1.88. The first-order valence-electron chi connectivity index (χ1n) is 8.56. The van der Waals surface area contributed by atoms with Gasteiger partial charge < -0.3 is 0 Å². The van der Waals surface area contributed by atoms with E-state index in [2.05, 4.69) is 4.99 Å². The molecule has 1 aromatic carbocycles. The summed E-state index contributed by atoms with van der Waals surface area (Å²) < 4.78 is 118. The Morgan fingerprint density at radius 2 is 1.21 bits per heavy atom. The molecule has 0 aromatic heterocycles. The maximum Gasteiger partial charge on any atom is 0.513 e. The van der Waals surface area contributed by atoms with Crippen molar-refractivity contribution in [2.75, 3.05) is 0 Å². The molecule has 12 heteroatoms. The molecule has 0 N–H and O–H groups in total. The van der Waals surface area contributed by atoms with E-state index in [9.17, 15) is 39.5 Å². The number of nitrogens with zero attached hydrogens (tertiary/aromatic N) is 2. The predicted octanol–water partition coefficient (Wildman–Crippen LogP) is 7.00. The summed E-state index contributed by atoms with van der Waals surface area (Å²) in [4.78, 5) is 1.97. The van der Waals surface area contributed by atoms with Crippen molar-refractivity contribution in [2.24, 2.45) is 4.99 Å². The van der Waals surface area contributed by atoms with Crippen LogP contribution in [-0.4, -0.2) is 35.9 Å². The van der Waals surface area contributed by atoms with Gasteiger partial charge in [-0.25, -0.2) is 4.99 Å². The normalized spacial score (nSPS) is 14.0. The van der Waals surface area contributed by atoms with Crippen LogP contribution in [0.15, 0.2) is 23.2 Å². The fraction of sp³-hybridized carbons (Fsp3) is 0.588. The standard InChI is InChI=1S/C17H20BF9N2/c1-9(2)12-7-6-8-13(10(3)4)14(12)28-11(5)29(17(25,26)27)18(15(19,20)21)16(22,23)24/h6-10H,1-5H3. The number of hydrogen-bond acceptors (Lipinski definition) is 1. The summed E-state index contributed by atoms with van der Waals surface area (Å²) in [5.41, 5.74) is 0.758. The van der Waals surface area contributed by atoms with Gasteiger partial charge in [-0.1, -0.05) is 45.9 Å². The minimum absolute atomic E-state index is 0.0626. The van der Waals surface area contributed by atoms with Crippen molar-refractivity contribution in [2.45, 2.75) is 64.9 Å². The zero-order chi connectivity index (χ0) is 22.9. The minimum atomic E-state index is -6.22. The summed E-state index contributed by atoms with van der Waals surface area (Å²) >= 11 is 0. The topological polar surface area (TPSA) is 15.6 Å². The van der Waals surface area contributed by atoms with E-state index < -0.39 is 35.9 Å².